The van der Waals surface area contributed by atoms with E-state index in [1.807, 2.05) is 47.9 Å². The number of fused-ring (bicyclic) bond motifs is 1. The molecule has 7 nitrogen and oxygen atoms in total. The van der Waals surface area contributed by atoms with Crippen LogP contribution in [0.25, 0.3) is 5.69 Å². The molecule has 2 fully saturated rings. The van der Waals surface area contributed by atoms with Gasteiger partial charge in [-0.3, -0.25) is 9.59 Å². The summed E-state index contributed by atoms with van der Waals surface area (Å²) in [7, 11) is 0. The fourth-order valence-electron chi connectivity index (χ4n) is 5.42. The topological polar surface area (TPSA) is 64.0 Å². The van der Waals surface area contributed by atoms with E-state index in [2.05, 4.69) is 4.57 Å². The van der Waals surface area contributed by atoms with Gasteiger partial charge in [0.25, 0.3) is 5.91 Å². The average Bonchev–Trinajstić information content (AvgIpc) is 3.17. The molecule has 3 aliphatic rings. The number of carbonyl (C=O) groups is 2. The van der Waals surface area contributed by atoms with Gasteiger partial charge in [0.05, 0.1) is 5.56 Å². The minimum Gasteiger partial charge on any atom is -0.486 e. The van der Waals surface area contributed by atoms with E-state index in [1.165, 1.54) is 6.42 Å². The smallest absolute Gasteiger partial charge is 0.255 e. The van der Waals surface area contributed by atoms with Gasteiger partial charge in [-0.15, -0.1) is 0 Å². The monoisotopic (exact) mass is 451 g/mol. The van der Waals surface area contributed by atoms with Crippen LogP contribution in [0.5, 0.6) is 11.5 Å². The van der Waals surface area contributed by atoms with Crippen molar-refractivity contribution in [2.24, 2.45) is 5.92 Å². The highest BCUT2D eigenvalue weighted by atomic mass is 16.6. The summed E-state index contributed by atoms with van der Waals surface area (Å²) in [6.45, 7) is 8.17. The minimum absolute atomic E-state index is 0.0516. The van der Waals surface area contributed by atoms with Crippen molar-refractivity contribution in [3.05, 3.63) is 41.2 Å². The maximum atomic E-state index is 13.4. The quantitative estimate of drug-likeness (QED) is 0.713. The van der Waals surface area contributed by atoms with Gasteiger partial charge in [-0.1, -0.05) is 0 Å². The van der Waals surface area contributed by atoms with E-state index in [0.29, 0.717) is 32.2 Å². The molecule has 2 amide bonds. The average molecular weight is 452 g/mol. The molecule has 2 aromatic rings. The van der Waals surface area contributed by atoms with Crippen molar-refractivity contribution in [1.29, 1.82) is 0 Å². The van der Waals surface area contributed by atoms with Crippen molar-refractivity contribution in [3.8, 4) is 17.2 Å². The molecule has 1 aromatic carbocycles. The number of carbonyl (C=O) groups excluding carboxylic acids is 2. The van der Waals surface area contributed by atoms with E-state index in [1.54, 1.807) is 0 Å². The number of hydrogen-bond acceptors (Lipinski definition) is 4. The first-order valence-corrected chi connectivity index (χ1v) is 12.2. The zero-order chi connectivity index (χ0) is 22.9. The Hall–Kier alpha value is -2.96. The molecule has 3 aliphatic heterocycles. The molecule has 0 bridgehead atoms. The summed E-state index contributed by atoms with van der Waals surface area (Å²) in [4.78, 5) is 30.2. The van der Waals surface area contributed by atoms with E-state index in [0.717, 1.165) is 72.9 Å². The highest BCUT2D eigenvalue weighted by Crippen LogP contribution is 2.34. The Balaban J connectivity index is 1.29. The first-order valence-electron chi connectivity index (χ1n) is 12.2. The van der Waals surface area contributed by atoms with E-state index in [9.17, 15) is 9.59 Å². The Bertz CT molecular complexity index is 1050. The van der Waals surface area contributed by atoms with E-state index < -0.39 is 0 Å². The molecule has 5 rings (SSSR count). The Kier molecular flexibility index (Phi) is 6.04. The van der Waals surface area contributed by atoms with Crippen LogP contribution in [0.2, 0.25) is 0 Å². The summed E-state index contributed by atoms with van der Waals surface area (Å²) in [5, 5.41) is 0. The molecule has 0 radical (unpaired) electrons. The normalized spacial score (nSPS) is 19.0. The maximum absolute atomic E-state index is 13.4. The molecule has 1 aromatic heterocycles. The molecule has 2 saturated heterocycles. The van der Waals surface area contributed by atoms with Crippen LogP contribution in [-0.2, 0) is 4.79 Å². The summed E-state index contributed by atoms with van der Waals surface area (Å²) < 4.78 is 13.5. The number of amides is 2. The van der Waals surface area contributed by atoms with Crippen LogP contribution in [-0.4, -0.2) is 65.6 Å². The number of aryl methyl sites for hydroxylation is 1. The Labute approximate surface area is 195 Å². The second kappa shape index (κ2) is 9.12. The lowest BCUT2D eigenvalue weighted by atomic mass is 9.94. The van der Waals surface area contributed by atoms with Crippen LogP contribution < -0.4 is 9.47 Å². The van der Waals surface area contributed by atoms with Crippen molar-refractivity contribution < 1.29 is 19.1 Å². The van der Waals surface area contributed by atoms with Crippen molar-refractivity contribution in [1.82, 2.24) is 14.4 Å². The third kappa shape index (κ3) is 4.21. The van der Waals surface area contributed by atoms with Crippen LogP contribution >= 0.6 is 0 Å². The lowest BCUT2D eigenvalue weighted by Crippen LogP contribution is -2.45. The van der Waals surface area contributed by atoms with Crippen LogP contribution in [0.3, 0.4) is 0 Å². The summed E-state index contributed by atoms with van der Waals surface area (Å²) in [5.74, 6) is 1.89. The number of rotatable bonds is 3. The van der Waals surface area contributed by atoms with Gasteiger partial charge < -0.3 is 23.8 Å². The highest BCUT2D eigenvalue weighted by Gasteiger charge is 2.32. The minimum atomic E-state index is 0.0516. The van der Waals surface area contributed by atoms with Crippen LogP contribution in [0.1, 0.15) is 53.8 Å². The fraction of sp³-hybridized carbons (Fsp3) is 0.538. The highest BCUT2D eigenvalue weighted by molar-refractivity contribution is 5.96. The zero-order valence-electron chi connectivity index (χ0n) is 19.6. The fourth-order valence-corrected chi connectivity index (χ4v) is 5.42. The Morgan fingerprint density at radius 3 is 2.27 bits per heavy atom. The summed E-state index contributed by atoms with van der Waals surface area (Å²) in [6.07, 6.45) is 4.95. The number of ether oxygens (including phenoxy) is 2. The third-order valence-corrected chi connectivity index (χ3v) is 7.24. The SMILES string of the molecule is Cc1cc(C(=O)N2CCC(C(=O)N3CCCCC3)CC2)c(C)n1-c1ccc2c(c1)OCCO2. The second-order valence-electron chi connectivity index (χ2n) is 9.40. The lowest BCUT2D eigenvalue weighted by molar-refractivity contribution is -0.137. The molecule has 0 unspecified atom stereocenters. The first kappa shape index (κ1) is 21.9. The molecule has 33 heavy (non-hydrogen) atoms. The van der Waals surface area contributed by atoms with Crippen molar-refractivity contribution in [2.45, 2.75) is 46.0 Å². The van der Waals surface area contributed by atoms with Gasteiger partial charge in [-0.05, 0) is 64.2 Å². The molecular weight excluding hydrogens is 418 g/mol. The van der Waals surface area contributed by atoms with Crippen LogP contribution in [0.15, 0.2) is 24.3 Å². The first-order chi connectivity index (χ1) is 16.0. The molecule has 4 heterocycles. The van der Waals surface area contributed by atoms with E-state index in [-0.39, 0.29) is 11.8 Å². The molecular formula is C26H33N3O4. The van der Waals surface area contributed by atoms with Gasteiger partial charge in [0.2, 0.25) is 5.91 Å². The van der Waals surface area contributed by atoms with Gasteiger partial charge in [-0.2, -0.15) is 0 Å². The van der Waals surface area contributed by atoms with Gasteiger partial charge in [-0.25, -0.2) is 0 Å². The molecule has 0 aliphatic carbocycles. The molecule has 0 N–H and O–H groups in total. The van der Waals surface area contributed by atoms with Crippen LogP contribution in [0, 0.1) is 19.8 Å². The van der Waals surface area contributed by atoms with Crippen molar-refractivity contribution in [3.63, 3.8) is 0 Å². The predicted molar refractivity (Wildman–Crippen MR) is 125 cm³/mol. The molecule has 176 valence electrons. The predicted octanol–water partition coefficient (Wildman–Crippen LogP) is 3.73. The summed E-state index contributed by atoms with van der Waals surface area (Å²) in [5.41, 5.74) is 3.60. The summed E-state index contributed by atoms with van der Waals surface area (Å²) >= 11 is 0. The molecule has 7 heteroatoms. The van der Waals surface area contributed by atoms with Crippen LogP contribution in [0.4, 0.5) is 0 Å². The van der Waals surface area contributed by atoms with E-state index >= 15 is 0 Å². The Morgan fingerprint density at radius 1 is 0.848 bits per heavy atom. The maximum Gasteiger partial charge on any atom is 0.255 e. The molecule has 0 spiro atoms. The standard InChI is InChI=1S/C26H33N3O4/c1-18-16-22(19(2)29(18)21-6-7-23-24(17-21)33-15-14-32-23)26(31)28-12-8-20(9-13-28)25(30)27-10-4-3-5-11-27/h6-7,16-17,20H,3-5,8-15H2,1-2H3. The Morgan fingerprint density at radius 2 is 1.55 bits per heavy atom. The van der Waals surface area contributed by atoms with Gasteiger partial charge in [0, 0.05) is 55.2 Å². The van der Waals surface area contributed by atoms with Crippen molar-refractivity contribution >= 4 is 11.8 Å². The van der Waals surface area contributed by atoms with Crippen molar-refractivity contribution in [2.75, 3.05) is 39.4 Å². The number of nitrogens with zero attached hydrogens (tertiary/aromatic N) is 3. The zero-order valence-corrected chi connectivity index (χ0v) is 19.6. The van der Waals surface area contributed by atoms with Gasteiger partial charge in [0.1, 0.15) is 13.2 Å². The number of likely N-dealkylation sites (tertiary alicyclic amines) is 2. The number of hydrogen-bond donors (Lipinski definition) is 0. The number of aromatic nitrogens is 1. The molecule has 0 saturated carbocycles. The number of benzene rings is 1. The third-order valence-electron chi connectivity index (χ3n) is 7.24. The second-order valence-corrected chi connectivity index (χ2v) is 9.40. The number of piperidine rings is 2. The molecule has 0 atom stereocenters. The largest absolute Gasteiger partial charge is 0.486 e. The lowest BCUT2D eigenvalue weighted by Gasteiger charge is -2.35. The van der Waals surface area contributed by atoms with Gasteiger partial charge >= 0.3 is 0 Å². The summed E-state index contributed by atoms with van der Waals surface area (Å²) in [6, 6.07) is 7.87. The van der Waals surface area contributed by atoms with E-state index in [4.69, 9.17) is 9.47 Å². The van der Waals surface area contributed by atoms with Gasteiger partial charge in [0.15, 0.2) is 11.5 Å².